The molecule has 0 atom stereocenters. The molecule has 0 unspecified atom stereocenters. The number of halogens is 4. The van der Waals surface area contributed by atoms with E-state index >= 15 is 0 Å². The fourth-order valence-electron chi connectivity index (χ4n) is 8.63. The number of unbranched alkanes of at least 4 members (excludes halogenated alkanes) is 9. The second-order valence-electron chi connectivity index (χ2n) is 14.4. The Balaban J connectivity index is 0.00000220. The maximum absolute atomic E-state index is 2.50. The van der Waals surface area contributed by atoms with Crippen molar-refractivity contribution in [3.8, 4) is 0 Å². The molecule has 8 heteroatoms. The largest absolute Gasteiger partial charge is 1.00 e. The van der Waals surface area contributed by atoms with E-state index in [0.29, 0.717) is 0 Å². The molecule has 7 rings (SSSR count). The van der Waals surface area contributed by atoms with Crippen molar-refractivity contribution in [1.82, 2.24) is 0 Å². The van der Waals surface area contributed by atoms with E-state index in [9.17, 15) is 0 Å². The zero-order chi connectivity index (χ0) is 26.4. The van der Waals surface area contributed by atoms with Gasteiger partial charge in [0.1, 0.15) is 91.6 Å². The van der Waals surface area contributed by atoms with Crippen LogP contribution in [0, 0.1) is 0 Å². The zero-order valence-electron chi connectivity index (χ0n) is 27.0. The molecule has 1 aromatic carbocycles. The molecule has 4 nitrogen and oxygen atoms in total. The lowest BCUT2D eigenvalue weighted by molar-refractivity contribution is -1.09. The van der Waals surface area contributed by atoms with Gasteiger partial charge in [-0.15, -0.1) is 0 Å². The third kappa shape index (κ3) is 10.2. The molecule has 6 fully saturated rings. The average Bonchev–Trinajstić information content (AvgIpc) is 2.97. The van der Waals surface area contributed by atoms with Gasteiger partial charge in [0.05, 0.1) is 13.1 Å². The molecule has 0 amide bonds. The van der Waals surface area contributed by atoms with Crippen LogP contribution < -0.4 is 54.2 Å². The van der Waals surface area contributed by atoms with Crippen LogP contribution >= 0.6 is 0 Å². The van der Waals surface area contributed by atoms with Gasteiger partial charge in [-0.05, 0) is 19.8 Å². The van der Waals surface area contributed by atoms with Crippen molar-refractivity contribution in [2.75, 3.05) is 91.6 Å². The summed E-state index contributed by atoms with van der Waals surface area (Å²) in [4.78, 5) is 0. The number of rotatable bonds is 16. The first-order valence-corrected chi connectivity index (χ1v) is 17.0. The summed E-state index contributed by atoms with van der Waals surface area (Å²) in [5.41, 5.74) is 3.17. The molecule has 0 radical (unpaired) electrons. The van der Waals surface area contributed by atoms with Crippen molar-refractivity contribution >= 4 is 0 Å². The third-order valence-electron chi connectivity index (χ3n) is 12.0. The van der Waals surface area contributed by atoms with Gasteiger partial charge in [-0.2, -0.15) is 0 Å². The number of hydrogen-bond acceptors (Lipinski definition) is 0. The van der Waals surface area contributed by atoms with Crippen LogP contribution in [0.15, 0.2) is 24.3 Å². The van der Waals surface area contributed by atoms with E-state index in [4.69, 9.17) is 0 Å². The van der Waals surface area contributed by atoms with Gasteiger partial charge in [0.15, 0.2) is 0 Å². The molecule has 6 heterocycles. The second kappa shape index (κ2) is 18.5. The molecule has 42 heavy (non-hydrogen) atoms. The summed E-state index contributed by atoms with van der Waals surface area (Å²) in [5.74, 6) is 0. The monoisotopic (exact) mass is 710 g/mol. The maximum Gasteiger partial charge on any atom is 0.129 e. The average molecular weight is 713 g/mol. The number of nitrogens with zero attached hydrogens (tertiary/aromatic N) is 4. The summed E-state index contributed by atoms with van der Waals surface area (Å²) in [6.45, 7) is 27.0. The Labute approximate surface area is 288 Å². The van der Waals surface area contributed by atoms with E-state index in [2.05, 4.69) is 38.1 Å². The summed E-state index contributed by atoms with van der Waals surface area (Å²) >= 11 is 0. The van der Waals surface area contributed by atoms with E-state index in [0.717, 1.165) is 0 Å². The van der Waals surface area contributed by atoms with Crippen molar-refractivity contribution in [1.29, 1.82) is 0 Å². The summed E-state index contributed by atoms with van der Waals surface area (Å²) in [5, 5.41) is 0. The first-order chi connectivity index (χ1) is 18.5. The Kier molecular flexibility index (Phi) is 17.8. The van der Waals surface area contributed by atoms with Crippen LogP contribution in [-0.2, 0) is 13.1 Å². The Morgan fingerprint density at radius 1 is 0.429 bits per heavy atom. The molecule has 6 aliphatic rings. The van der Waals surface area contributed by atoms with Gasteiger partial charge in [0, 0.05) is 11.1 Å². The van der Waals surface area contributed by atoms with Crippen molar-refractivity contribution in [2.24, 2.45) is 0 Å². The molecule has 0 aromatic heterocycles. The maximum atomic E-state index is 2.50. The fraction of sp³-hybridized carbons (Fsp3) is 0.824. The quantitative estimate of drug-likeness (QED) is 0.119. The van der Waals surface area contributed by atoms with Gasteiger partial charge >= 0.3 is 0 Å². The van der Waals surface area contributed by atoms with Crippen LogP contribution in [0.1, 0.15) is 89.2 Å². The first kappa shape index (κ1) is 40.4. The number of piperazine rings is 6. The minimum Gasteiger partial charge on any atom is -1.00 e. The predicted molar refractivity (Wildman–Crippen MR) is 161 cm³/mol. The number of benzene rings is 1. The van der Waals surface area contributed by atoms with E-state index in [-0.39, 0.29) is 54.2 Å². The van der Waals surface area contributed by atoms with E-state index in [1.807, 2.05) is 0 Å². The van der Waals surface area contributed by atoms with E-state index in [1.54, 1.807) is 11.1 Å². The third-order valence-corrected chi connectivity index (χ3v) is 12.0. The van der Waals surface area contributed by atoms with Gasteiger partial charge in [-0.3, -0.25) is 0 Å². The van der Waals surface area contributed by atoms with Crippen molar-refractivity contribution in [2.45, 2.75) is 91.1 Å². The minimum atomic E-state index is 0. The standard InChI is InChI=1S/C34H62N4.BrH.3ClH/c1-3-5-6-7-8-9-10-11-12-13-18-36-22-28-38(29-23-36,30-24-36)32-34-16-14-33(15-17-34)31-37-25-19-35(4-2,20-26-37)21-27-37;;;;/h14-17H,3-13,18-32H2,1-2H3;4*1H/q+4;;;;/p-4. The summed E-state index contributed by atoms with van der Waals surface area (Å²) in [6, 6.07) is 9.97. The second-order valence-corrected chi connectivity index (χ2v) is 14.4. The topological polar surface area (TPSA) is 0 Å². The van der Waals surface area contributed by atoms with Crippen molar-refractivity contribution in [3.63, 3.8) is 0 Å². The predicted octanol–water partition coefficient (Wildman–Crippen LogP) is -6.04. The van der Waals surface area contributed by atoms with Gasteiger partial charge in [-0.1, -0.05) is 82.6 Å². The zero-order valence-corrected chi connectivity index (χ0v) is 30.8. The highest BCUT2D eigenvalue weighted by molar-refractivity contribution is 5.21. The molecule has 0 saturated carbocycles. The summed E-state index contributed by atoms with van der Waals surface area (Å²) in [6.07, 6.45) is 14.6. The lowest BCUT2D eigenvalue weighted by Gasteiger charge is -2.55. The summed E-state index contributed by atoms with van der Waals surface area (Å²) in [7, 11) is 0. The van der Waals surface area contributed by atoms with Gasteiger partial charge in [0.25, 0.3) is 0 Å². The van der Waals surface area contributed by atoms with Gasteiger partial charge in [0.2, 0.25) is 0 Å². The molecule has 4 bridgehead atoms. The van der Waals surface area contributed by atoms with Gasteiger partial charge in [-0.25, -0.2) is 0 Å². The fourth-order valence-corrected chi connectivity index (χ4v) is 8.63. The number of hydrogen-bond donors (Lipinski definition) is 0. The molecule has 6 aliphatic heterocycles. The summed E-state index contributed by atoms with van der Waals surface area (Å²) < 4.78 is 5.58. The Morgan fingerprint density at radius 2 is 0.738 bits per heavy atom. The van der Waals surface area contributed by atoms with Crippen molar-refractivity contribution in [3.05, 3.63) is 35.4 Å². The van der Waals surface area contributed by atoms with Crippen LogP contribution in [0.25, 0.3) is 0 Å². The Morgan fingerprint density at radius 3 is 1.10 bits per heavy atom. The Bertz CT molecular complexity index is 835. The lowest BCUT2D eigenvalue weighted by Crippen LogP contribution is -3.00. The lowest BCUT2D eigenvalue weighted by atomic mass is 10.0. The van der Waals surface area contributed by atoms with E-state index < -0.39 is 0 Å². The highest BCUT2D eigenvalue weighted by atomic mass is 79.9. The normalized spacial score (nSPS) is 30.9. The SMILES string of the molecule is CCCCCCCCCCCC[N+]12CC[N+](Cc3ccc(C[N+]45CC[N+](CC)(CC4)CC5)cc3)(CC1)CC2.[Br-].[Cl-].[Cl-].[Cl-]. The minimum absolute atomic E-state index is 0. The first-order valence-electron chi connectivity index (χ1n) is 17.0. The highest BCUT2D eigenvalue weighted by Gasteiger charge is 2.49. The molecule has 1 aromatic rings. The highest BCUT2D eigenvalue weighted by Crippen LogP contribution is 2.31. The van der Waals surface area contributed by atoms with Crippen LogP contribution in [0.3, 0.4) is 0 Å². The number of quaternary nitrogens is 4. The number of fused-ring (bicyclic) bond motifs is 6. The van der Waals surface area contributed by atoms with Crippen molar-refractivity contribution < 1.29 is 72.1 Å². The molecular weight excluding hydrogens is 651 g/mol. The van der Waals surface area contributed by atoms with Crippen LogP contribution in [0.2, 0.25) is 0 Å². The number of likely N-dealkylation sites (N-methyl/N-ethyl adjacent to an activating group) is 1. The molecule has 0 aliphatic carbocycles. The van der Waals surface area contributed by atoms with Crippen LogP contribution in [0.4, 0.5) is 0 Å². The molecule has 0 spiro atoms. The van der Waals surface area contributed by atoms with Crippen LogP contribution in [-0.4, -0.2) is 110 Å². The van der Waals surface area contributed by atoms with E-state index in [1.165, 1.54) is 187 Å². The molecule has 6 saturated heterocycles. The molecule has 246 valence electrons. The van der Waals surface area contributed by atoms with Gasteiger partial charge < -0.3 is 72.1 Å². The smallest absolute Gasteiger partial charge is 0.129 e. The molecule has 0 N–H and O–H groups in total. The Hall–Kier alpha value is 0.410. The molecular formula is C34H62BrCl3N4. The van der Waals surface area contributed by atoms with Crippen LogP contribution in [0.5, 0.6) is 0 Å².